The van der Waals surface area contributed by atoms with Crippen molar-refractivity contribution in [1.29, 1.82) is 0 Å². The first-order chi connectivity index (χ1) is 29.3. The molecule has 0 saturated heterocycles. The average Bonchev–Trinajstić information content (AvgIpc) is 3.31. The molecule has 12 aromatic rings. The summed E-state index contributed by atoms with van der Waals surface area (Å²) in [6, 6.07) is 82.7. The van der Waals surface area contributed by atoms with Crippen molar-refractivity contribution in [2.75, 3.05) is 4.90 Å². The highest BCUT2D eigenvalue weighted by molar-refractivity contribution is 6.26. The summed E-state index contributed by atoms with van der Waals surface area (Å²) < 4.78 is 0. The molecule has 59 heavy (non-hydrogen) atoms. The van der Waals surface area contributed by atoms with E-state index in [2.05, 4.69) is 229 Å². The lowest BCUT2D eigenvalue weighted by molar-refractivity contribution is 1.31. The molecule has 0 bridgehead atoms. The van der Waals surface area contributed by atoms with Crippen LogP contribution in [-0.2, 0) is 0 Å². The third kappa shape index (κ3) is 5.33. The molecular formula is C58H37N. The van der Waals surface area contributed by atoms with Gasteiger partial charge in [-0.3, -0.25) is 0 Å². The van der Waals surface area contributed by atoms with Gasteiger partial charge in [-0.15, -0.1) is 0 Å². The van der Waals surface area contributed by atoms with Gasteiger partial charge in [-0.05, 0) is 117 Å². The Balaban J connectivity index is 1.12. The number of fused-ring (bicyclic) bond motifs is 11. The van der Waals surface area contributed by atoms with Gasteiger partial charge in [0.05, 0.1) is 5.69 Å². The van der Waals surface area contributed by atoms with E-state index in [-0.39, 0.29) is 0 Å². The molecule has 0 amide bonds. The van der Waals surface area contributed by atoms with Gasteiger partial charge in [0, 0.05) is 22.3 Å². The quantitative estimate of drug-likeness (QED) is 0.159. The molecule has 1 heteroatoms. The zero-order chi connectivity index (χ0) is 38.9. The molecule has 0 fully saturated rings. The van der Waals surface area contributed by atoms with Crippen LogP contribution in [0.15, 0.2) is 224 Å². The van der Waals surface area contributed by atoms with Crippen LogP contribution in [0.5, 0.6) is 0 Å². The van der Waals surface area contributed by atoms with E-state index in [1.54, 1.807) is 0 Å². The Labute approximate surface area is 342 Å². The van der Waals surface area contributed by atoms with Gasteiger partial charge in [-0.1, -0.05) is 194 Å². The van der Waals surface area contributed by atoms with Gasteiger partial charge in [0.2, 0.25) is 0 Å². The topological polar surface area (TPSA) is 3.24 Å². The monoisotopic (exact) mass is 747 g/mol. The van der Waals surface area contributed by atoms with Crippen LogP contribution < -0.4 is 4.90 Å². The molecule has 0 aromatic heterocycles. The van der Waals surface area contributed by atoms with Gasteiger partial charge in [-0.25, -0.2) is 0 Å². The fourth-order valence-electron chi connectivity index (χ4n) is 9.68. The van der Waals surface area contributed by atoms with Crippen molar-refractivity contribution < 1.29 is 0 Å². The number of anilines is 3. The fourth-order valence-corrected chi connectivity index (χ4v) is 9.68. The summed E-state index contributed by atoms with van der Waals surface area (Å²) in [6.07, 6.45) is 0. The third-order valence-corrected chi connectivity index (χ3v) is 12.4. The number of nitrogens with zero attached hydrogens (tertiary/aromatic N) is 1. The highest BCUT2D eigenvalue weighted by Gasteiger charge is 2.25. The highest BCUT2D eigenvalue weighted by atomic mass is 15.1. The second-order valence-corrected chi connectivity index (χ2v) is 15.6. The van der Waals surface area contributed by atoms with Crippen molar-refractivity contribution >= 4 is 92.5 Å². The molecule has 1 nitrogen and oxygen atoms in total. The molecule has 274 valence electrons. The molecule has 0 unspecified atom stereocenters. The molecule has 12 aromatic carbocycles. The van der Waals surface area contributed by atoms with Gasteiger partial charge >= 0.3 is 0 Å². The van der Waals surface area contributed by atoms with Crippen molar-refractivity contribution in [3.8, 4) is 22.3 Å². The zero-order valence-electron chi connectivity index (χ0n) is 32.3. The van der Waals surface area contributed by atoms with Crippen LogP contribution in [0.4, 0.5) is 17.1 Å². The van der Waals surface area contributed by atoms with E-state index in [1.165, 1.54) is 103 Å². The minimum atomic E-state index is 1.10. The Bertz CT molecular complexity index is 3580. The molecule has 0 saturated carbocycles. The lowest BCUT2D eigenvalue weighted by Gasteiger charge is -2.31. The van der Waals surface area contributed by atoms with E-state index in [1.807, 2.05) is 0 Å². The molecule has 0 heterocycles. The van der Waals surface area contributed by atoms with Gasteiger partial charge < -0.3 is 4.90 Å². The predicted molar refractivity (Wildman–Crippen MR) is 255 cm³/mol. The largest absolute Gasteiger partial charge is 0.309 e. The first-order valence-electron chi connectivity index (χ1n) is 20.4. The minimum absolute atomic E-state index is 1.10. The zero-order valence-corrected chi connectivity index (χ0v) is 32.3. The molecule has 0 aliphatic rings. The second kappa shape index (κ2) is 13.4. The van der Waals surface area contributed by atoms with Crippen LogP contribution >= 0.6 is 0 Å². The summed E-state index contributed by atoms with van der Waals surface area (Å²) in [7, 11) is 0. The fraction of sp³-hybridized carbons (Fsp3) is 0. The summed E-state index contributed by atoms with van der Waals surface area (Å²) >= 11 is 0. The van der Waals surface area contributed by atoms with E-state index >= 15 is 0 Å². The third-order valence-electron chi connectivity index (χ3n) is 12.4. The van der Waals surface area contributed by atoms with Gasteiger partial charge in [0.15, 0.2) is 0 Å². The second-order valence-electron chi connectivity index (χ2n) is 15.6. The smallest absolute Gasteiger partial charge is 0.0625 e. The molecule has 12 rings (SSSR count). The van der Waals surface area contributed by atoms with E-state index in [0.29, 0.717) is 0 Å². The van der Waals surface area contributed by atoms with E-state index in [9.17, 15) is 0 Å². The van der Waals surface area contributed by atoms with Crippen LogP contribution in [0.3, 0.4) is 0 Å². The number of hydrogen-bond acceptors (Lipinski definition) is 1. The highest BCUT2D eigenvalue weighted by Crippen LogP contribution is 2.51. The Morgan fingerprint density at radius 2 is 0.695 bits per heavy atom. The summed E-state index contributed by atoms with van der Waals surface area (Å²) in [5.74, 6) is 0. The maximum Gasteiger partial charge on any atom is 0.0625 e. The molecule has 0 atom stereocenters. The summed E-state index contributed by atoms with van der Waals surface area (Å²) in [6.45, 7) is 0. The molecule has 0 N–H and O–H groups in total. The molecule has 0 radical (unpaired) electrons. The van der Waals surface area contributed by atoms with Crippen molar-refractivity contribution in [1.82, 2.24) is 0 Å². The number of benzene rings is 12. The molecule has 0 aliphatic heterocycles. The van der Waals surface area contributed by atoms with Gasteiger partial charge in [0.25, 0.3) is 0 Å². The predicted octanol–water partition coefficient (Wildman–Crippen LogP) is 16.6. The van der Waals surface area contributed by atoms with Crippen LogP contribution in [0, 0.1) is 0 Å². The van der Waals surface area contributed by atoms with E-state index in [4.69, 9.17) is 0 Å². The van der Waals surface area contributed by atoms with Crippen molar-refractivity contribution in [2.24, 2.45) is 0 Å². The van der Waals surface area contributed by atoms with Crippen molar-refractivity contribution in [2.45, 2.75) is 0 Å². The van der Waals surface area contributed by atoms with Crippen molar-refractivity contribution in [3.63, 3.8) is 0 Å². The first kappa shape index (κ1) is 33.4. The number of hydrogen-bond donors (Lipinski definition) is 0. The normalized spacial score (nSPS) is 11.7. The lowest BCUT2D eigenvalue weighted by Crippen LogP contribution is -2.12. The van der Waals surface area contributed by atoms with Gasteiger partial charge in [0.1, 0.15) is 0 Å². The minimum Gasteiger partial charge on any atom is -0.309 e. The lowest BCUT2D eigenvalue weighted by atomic mass is 9.88. The summed E-state index contributed by atoms with van der Waals surface area (Å²) in [4.78, 5) is 2.50. The van der Waals surface area contributed by atoms with Gasteiger partial charge in [-0.2, -0.15) is 0 Å². The number of rotatable bonds is 5. The maximum atomic E-state index is 2.50. The summed E-state index contributed by atoms with van der Waals surface area (Å²) in [5.41, 5.74) is 8.21. The molecule has 0 spiro atoms. The standard InChI is InChI=1S/C58H37N/c1-2-16-41-36-44(34-30-38(41)14-1)59(43-32-28-39(29-33-43)42-31-35-52-48-21-6-5-19-46(48)47-20-7-8-24-51(47)56(52)37-42)58-55-26-12-10-23-50(55)49-22-9-11-25-54(49)57(58)53-27-13-17-40-15-3-4-18-45(40)53/h1-37H. The van der Waals surface area contributed by atoms with E-state index < -0.39 is 0 Å². The Morgan fingerprint density at radius 1 is 0.237 bits per heavy atom. The van der Waals surface area contributed by atoms with Crippen LogP contribution in [-0.4, -0.2) is 0 Å². The summed E-state index contributed by atoms with van der Waals surface area (Å²) in [5, 5.41) is 17.5. The Hall–Kier alpha value is -7.74. The molecule has 0 aliphatic carbocycles. The van der Waals surface area contributed by atoms with Crippen LogP contribution in [0.2, 0.25) is 0 Å². The molecular weight excluding hydrogens is 711 g/mol. The van der Waals surface area contributed by atoms with Crippen LogP contribution in [0.25, 0.3) is 97.7 Å². The average molecular weight is 748 g/mol. The van der Waals surface area contributed by atoms with Crippen LogP contribution in [0.1, 0.15) is 0 Å². The van der Waals surface area contributed by atoms with Crippen molar-refractivity contribution in [3.05, 3.63) is 224 Å². The first-order valence-corrected chi connectivity index (χ1v) is 20.4. The Kier molecular flexibility index (Phi) is 7.61. The Morgan fingerprint density at radius 3 is 1.37 bits per heavy atom. The van der Waals surface area contributed by atoms with E-state index in [0.717, 1.165) is 11.4 Å². The SMILES string of the molecule is c1ccc2cc(N(c3ccc(-c4ccc5c6ccccc6c6ccccc6c5c4)cc3)c3c(-c4cccc5ccccc45)c4ccccc4c4ccccc34)ccc2c1. The maximum absolute atomic E-state index is 2.50.